The summed E-state index contributed by atoms with van der Waals surface area (Å²) in [5, 5.41) is 9.39. The molecule has 1 saturated heterocycles. The SMILES string of the molecule is O=C(c1ccc(-c2nnco2)cc1)N1CCN(Cc2cc(=O)n3ccsc3n2)CC1. The van der Waals surface area contributed by atoms with Crippen molar-refractivity contribution in [2.24, 2.45) is 0 Å². The number of rotatable bonds is 4. The summed E-state index contributed by atoms with van der Waals surface area (Å²) in [7, 11) is 0. The Kier molecular flexibility index (Phi) is 4.85. The van der Waals surface area contributed by atoms with Crippen LogP contribution in [0.2, 0.25) is 0 Å². The van der Waals surface area contributed by atoms with Crippen LogP contribution in [0.1, 0.15) is 16.1 Å². The molecule has 4 aromatic rings. The number of amides is 1. The molecule has 0 N–H and O–H groups in total. The van der Waals surface area contributed by atoms with Crippen molar-refractivity contribution in [1.29, 1.82) is 0 Å². The van der Waals surface area contributed by atoms with Gasteiger partial charge in [-0.05, 0) is 24.3 Å². The molecule has 0 spiro atoms. The summed E-state index contributed by atoms with van der Waals surface area (Å²) in [6, 6.07) is 8.76. The smallest absolute Gasteiger partial charge is 0.258 e. The molecule has 1 aromatic carbocycles. The molecule has 4 heterocycles. The molecule has 0 aliphatic carbocycles. The number of fused-ring (bicyclic) bond motifs is 1. The average Bonchev–Trinajstić information content (AvgIpc) is 3.46. The van der Waals surface area contributed by atoms with E-state index in [1.54, 1.807) is 28.8 Å². The Bertz CT molecular complexity index is 1220. The van der Waals surface area contributed by atoms with Crippen LogP contribution in [0.4, 0.5) is 0 Å². The maximum atomic E-state index is 12.8. The third-order valence-corrected chi connectivity index (χ3v) is 5.90. The number of nitrogens with zero attached hydrogens (tertiary/aromatic N) is 6. The van der Waals surface area contributed by atoms with Crippen molar-refractivity contribution in [2.45, 2.75) is 6.54 Å². The second-order valence-electron chi connectivity index (χ2n) is 7.03. The van der Waals surface area contributed by atoms with Crippen LogP contribution in [0.3, 0.4) is 0 Å². The predicted octanol–water partition coefficient (Wildman–Crippen LogP) is 1.76. The number of carbonyl (C=O) groups is 1. The quantitative estimate of drug-likeness (QED) is 0.494. The molecule has 0 saturated carbocycles. The van der Waals surface area contributed by atoms with Gasteiger partial charge >= 0.3 is 0 Å². The van der Waals surface area contributed by atoms with E-state index in [0.717, 1.165) is 24.3 Å². The molecule has 1 aliphatic rings. The van der Waals surface area contributed by atoms with E-state index >= 15 is 0 Å². The highest BCUT2D eigenvalue weighted by Gasteiger charge is 2.23. The summed E-state index contributed by atoms with van der Waals surface area (Å²) in [5.41, 5.74) is 2.11. The number of hydrogen-bond acceptors (Lipinski definition) is 8. The lowest BCUT2D eigenvalue weighted by atomic mass is 10.1. The molecule has 0 bridgehead atoms. The van der Waals surface area contributed by atoms with Crippen LogP contribution < -0.4 is 5.56 Å². The summed E-state index contributed by atoms with van der Waals surface area (Å²) in [6.07, 6.45) is 3.01. The van der Waals surface area contributed by atoms with E-state index in [0.29, 0.717) is 36.0 Å². The van der Waals surface area contributed by atoms with Crippen molar-refractivity contribution in [2.75, 3.05) is 26.2 Å². The first kappa shape index (κ1) is 18.6. The fourth-order valence-electron chi connectivity index (χ4n) is 3.54. The molecule has 5 rings (SSSR count). The highest BCUT2D eigenvalue weighted by Crippen LogP contribution is 2.18. The number of aromatic nitrogens is 4. The van der Waals surface area contributed by atoms with E-state index in [4.69, 9.17) is 4.42 Å². The van der Waals surface area contributed by atoms with E-state index in [1.165, 1.54) is 17.7 Å². The second-order valence-corrected chi connectivity index (χ2v) is 7.90. The lowest BCUT2D eigenvalue weighted by Crippen LogP contribution is -2.48. The number of hydrogen-bond donors (Lipinski definition) is 0. The first-order chi connectivity index (χ1) is 14.7. The molecule has 0 atom stereocenters. The molecule has 1 fully saturated rings. The highest BCUT2D eigenvalue weighted by molar-refractivity contribution is 7.15. The summed E-state index contributed by atoms with van der Waals surface area (Å²) in [4.78, 5) is 34.3. The van der Waals surface area contributed by atoms with Crippen LogP contribution >= 0.6 is 11.3 Å². The van der Waals surface area contributed by atoms with E-state index in [1.807, 2.05) is 22.4 Å². The van der Waals surface area contributed by atoms with Gasteiger partial charge in [0, 0.05) is 61.5 Å². The Morgan fingerprint density at radius 3 is 2.67 bits per heavy atom. The average molecular weight is 422 g/mol. The van der Waals surface area contributed by atoms with Crippen molar-refractivity contribution in [3.63, 3.8) is 0 Å². The van der Waals surface area contributed by atoms with E-state index in [9.17, 15) is 9.59 Å². The molecule has 152 valence electrons. The molecular formula is C20H18N6O3S. The van der Waals surface area contributed by atoms with Gasteiger partial charge in [-0.2, -0.15) is 0 Å². The van der Waals surface area contributed by atoms with Crippen molar-refractivity contribution in [3.8, 4) is 11.5 Å². The zero-order chi connectivity index (χ0) is 20.5. The number of piperazine rings is 1. The second kappa shape index (κ2) is 7.81. The zero-order valence-electron chi connectivity index (χ0n) is 16.0. The highest BCUT2D eigenvalue weighted by atomic mass is 32.1. The summed E-state index contributed by atoms with van der Waals surface area (Å²) >= 11 is 1.45. The van der Waals surface area contributed by atoms with Gasteiger partial charge in [-0.15, -0.1) is 21.5 Å². The number of thiazole rings is 1. The molecule has 0 radical (unpaired) electrons. The van der Waals surface area contributed by atoms with Crippen molar-refractivity contribution in [1.82, 2.24) is 29.4 Å². The standard InChI is InChI=1S/C20H18N6O3S/c27-17-11-16(22-20-26(17)9-10-30-20)12-24-5-7-25(8-6-24)19(28)15-3-1-14(2-4-15)18-23-21-13-29-18/h1-4,9-11,13H,5-8,12H2. The van der Waals surface area contributed by atoms with Crippen molar-refractivity contribution >= 4 is 22.2 Å². The minimum absolute atomic E-state index is 0.00287. The summed E-state index contributed by atoms with van der Waals surface area (Å²) in [5.74, 6) is 0.430. The van der Waals surface area contributed by atoms with Gasteiger partial charge in [0.15, 0.2) is 4.96 Å². The zero-order valence-corrected chi connectivity index (χ0v) is 16.8. The van der Waals surface area contributed by atoms with Gasteiger partial charge in [0.1, 0.15) is 0 Å². The number of carbonyl (C=O) groups excluding carboxylic acids is 1. The van der Waals surface area contributed by atoms with E-state index < -0.39 is 0 Å². The van der Waals surface area contributed by atoms with Crippen LogP contribution in [0.5, 0.6) is 0 Å². The minimum Gasteiger partial charge on any atom is -0.423 e. The minimum atomic E-state index is -0.0611. The molecular weight excluding hydrogens is 404 g/mol. The Balaban J connectivity index is 1.21. The molecule has 1 aliphatic heterocycles. The normalized spacial score (nSPS) is 15.0. The third kappa shape index (κ3) is 3.62. The monoisotopic (exact) mass is 422 g/mol. The van der Waals surface area contributed by atoms with Gasteiger partial charge in [0.25, 0.3) is 11.5 Å². The molecule has 10 heteroatoms. The van der Waals surface area contributed by atoms with E-state index in [-0.39, 0.29) is 11.5 Å². The summed E-state index contributed by atoms with van der Waals surface area (Å²) in [6.45, 7) is 3.33. The van der Waals surface area contributed by atoms with Gasteiger partial charge in [-0.25, -0.2) is 4.98 Å². The Labute approximate surface area is 175 Å². The largest absolute Gasteiger partial charge is 0.423 e. The lowest BCUT2D eigenvalue weighted by Gasteiger charge is -2.34. The van der Waals surface area contributed by atoms with Crippen LogP contribution in [-0.2, 0) is 6.54 Å². The van der Waals surface area contributed by atoms with Gasteiger partial charge in [-0.3, -0.25) is 18.9 Å². The summed E-state index contributed by atoms with van der Waals surface area (Å²) < 4.78 is 6.72. The lowest BCUT2D eigenvalue weighted by molar-refractivity contribution is 0.0627. The molecule has 0 unspecified atom stereocenters. The van der Waals surface area contributed by atoms with Crippen LogP contribution in [0.25, 0.3) is 16.4 Å². The Morgan fingerprint density at radius 2 is 1.93 bits per heavy atom. The maximum Gasteiger partial charge on any atom is 0.258 e. The maximum absolute atomic E-state index is 12.8. The fraction of sp³-hybridized carbons (Fsp3) is 0.250. The van der Waals surface area contributed by atoms with Crippen molar-refractivity contribution < 1.29 is 9.21 Å². The first-order valence-electron chi connectivity index (χ1n) is 9.51. The van der Waals surface area contributed by atoms with Crippen LogP contribution in [-0.4, -0.2) is 61.5 Å². The fourth-order valence-corrected chi connectivity index (χ4v) is 4.28. The first-order valence-corrected chi connectivity index (χ1v) is 10.4. The predicted molar refractivity (Wildman–Crippen MR) is 110 cm³/mol. The molecule has 30 heavy (non-hydrogen) atoms. The number of benzene rings is 1. The van der Waals surface area contributed by atoms with Gasteiger partial charge in [0.05, 0.1) is 5.69 Å². The molecule has 3 aromatic heterocycles. The van der Waals surface area contributed by atoms with Crippen molar-refractivity contribution in [3.05, 3.63) is 69.9 Å². The Morgan fingerprint density at radius 1 is 1.13 bits per heavy atom. The van der Waals surface area contributed by atoms with Gasteiger partial charge < -0.3 is 9.32 Å². The van der Waals surface area contributed by atoms with E-state index in [2.05, 4.69) is 20.1 Å². The Hall–Kier alpha value is -3.37. The van der Waals surface area contributed by atoms with Gasteiger partial charge in [0.2, 0.25) is 12.3 Å². The van der Waals surface area contributed by atoms with Crippen LogP contribution in [0, 0.1) is 0 Å². The third-order valence-electron chi connectivity index (χ3n) is 5.14. The molecule has 1 amide bonds. The molecule has 9 nitrogen and oxygen atoms in total. The van der Waals surface area contributed by atoms with Gasteiger partial charge in [-0.1, -0.05) is 0 Å². The topological polar surface area (TPSA) is 96.8 Å². The van der Waals surface area contributed by atoms with Crippen LogP contribution in [0.15, 0.2) is 57.5 Å².